The average Bonchev–Trinajstić information content (AvgIpc) is 3.11. The highest BCUT2D eigenvalue weighted by atomic mass is 127. The minimum atomic E-state index is -0.267. The number of carbonyl (C=O) groups is 2. The third kappa shape index (κ3) is 6.91. The van der Waals surface area contributed by atoms with Crippen molar-refractivity contribution in [3.8, 4) is 11.5 Å². The van der Waals surface area contributed by atoms with Crippen LogP contribution >= 0.6 is 34.4 Å². The van der Waals surface area contributed by atoms with E-state index in [1.165, 1.54) is 10.5 Å². The first-order valence-corrected chi connectivity index (χ1v) is 13.5. The molecular weight excluding hydrogens is 585 g/mol. The normalized spacial score (nSPS) is 15.0. The van der Waals surface area contributed by atoms with E-state index in [4.69, 9.17) is 9.47 Å². The van der Waals surface area contributed by atoms with E-state index in [2.05, 4.69) is 55.5 Å². The summed E-state index contributed by atoms with van der Waals surface area (Å²) in [5, 5.41) is -0.252. The lowest BCUT2D eigenvalue weighted by Crippen LogP contribution is -2.27. The molecule has 186 valence electrons. The second-order valence-corrected chi connectivity index (χ2v) is 11.7. The molecule has 1 aliphatic rings. The average molecular weight is 614 g/mol. The highest BCUT2D eigenvalue weighted by molar-refractivity contribution is 14.1. The van der Waals surface area contributed by atoms with Crippen LogP contribution in [0.3, 0.4) is 0 Å². The van der Waals surface area contributed by atoms with Crippen molar-refractivity contribution in [2.45, 2.75) is 32.7 Å². The maximum atomic E-state index is 12.8. The molecule has 1 saturated heterocycles. The SMILES string of the molecule is CC(C)(C)c1ccc(OCCOc2ccc(/C=C3\SC(=O)N(Cc4ccc(I)cc4)C3=O)cc2)cc1. The number of nitrogens with zero attached hydrogens (tertiary/aromatic N) is 1. The first-order chi connectivity index (χ1) is 17.2. The Balaban J connectivity index is 1.27. The van der Waals surface area contributed by atoms with E-state index < -0.39 is 0 Å². The molecule has 36 heavy (non-hydrogen) atoms. The Kier molecular flexibility index (Phi) is 8.41. The molecule has 1 aliphatic heterocycles. The third-order valence-electron chi connectivity index (χ3n) is 5.65. The zero-order chi connectivity index (χ0) is 25.7. The molecule has 5 nitrogen and oxygen atoms in total. The van der Waals surface area contributed by atoms with Crippen LogP contribution in [-0.2, 0) is 16.8 Å². The van der Waals surface area contributed by atoms with Gasteiger partial charge in [-0.3, -0.25) is 14.5 Å². The standard InChI is InChI=1S/C29H28INO4S/c1-29(2,3)22-8-14-25(15-9-22)35-17-16-34-24-12-6-20(7-13-24)18-26-27(32)31(28(33)36-26)19-21-4-10-23(30)11-5-21/h4-15,18H,16-17,19H2,1-3H3/b26-18-. The Morgan fingerprint density at radius 3 is 1.94 bits per heavy atom. The van der Waals surface area contributed by atoms with Gasteiger partial charge in [-0.15, -0.1) is 0 Å². The van der Waals surface area contributed by atoms with Crippen molar-refractivity contribution in [3.05, 3.63) is 98.0 Å². The molecular formula is C29H28INO4S. The molecule has 2 amide bonds. The number of thioether (sulfide) groups is 1. The van der Waals surface area contributed by atoms with Crippen LogP contribution in [-0.4, -0.2) is 29.3 Å². The Labute approximate surface area is 230 Å². The molecule has 1 fully saturated rings. The van der Waals surface area contributed by atoms with Crippen molar-refractivity contribution < 1.29 is 19.1 Å². The zero-order valence-corrected chi connectivity index (χ0v) is 23.5. The van der Waals surface area contributed by atoms with Crippen molar-refractivity contribution in [3.63, 3.8) is 0 Å². The van der Waals surface area contributed by atoms with E-state index in [0.29, 0.717) is 23.9 Å². The van der Waals surface area contributed by atoms with E-state index in [1.54, 1.807) is 6.08 Å². The Hall–Kier alpha value is -2.78. The number of ether oxygens (including phenoxy) is 2. The van der Waals surface area contributed by atoms with Crippen LogP contribution in [0.5, 0.6) is 11.5 Å². The number of rotatable bonds is 8. The first kappa shape index (κ1) is 26.3. The fraction of sp³-hybridized carbons (Fsp3) is 0.241. The number of imide groups is 1. The van der Waals surface area contributed by atoms with Crippen molar-refractivity contribution in [2.24, 2.45) is 0 Å². The van der Waals surface area contributed by atoms with Gasteiger partial charge >= 0.3 is 0 Å². The lowest BCUT2D eigenvalue weighted by Gasteiger charge is -2.19. The van der Waals surface area contributed by atoms with Crippen LogP contribution in [0.25, 0.3) is 6.08 Å². The minimum Gasteiger partial charge on any atom is -0.490 e. The quantitative estimate of drug-likeness (QED) is 0.152. The topological polar surface area (TPSA) is 55.8 Å². The number of hydrogen-bond acceptors (Lipinski definition) is 5. The van der Waals surface area contributed by atoms with E-state index in [0.717, 1.165) is 32.2 Å². The van der Waals surface area contributed by atoms with Crippen molar-refractivity contribution in [1.29, 1.82) is 0 Å². The molecule has 0 unspecified atom stereocenters. The van der Waals surface area contributed by atoms with Gasteiger partial charge in [0.2, 0.25) is 0 Å². The summed E-state index contributed by atoms with van der Waals surface area (Å²) >= 11 is 3.20. The number of carbonyl (C=O) groups excluding carboxylic acids is 2. The van der Waals surface area contributed by atoms with Crippen molar-refractivity contribution in [2.75, 3.05) is 13.2 Å². The van der Waals surface area contributed by atoms with Gasteiger partial charge < -0.3 is 9.47 Å². The minimum absolute atomic E-state index is 0.115. The zero-order valence-electron chi connectivity index (χ0n) is 20.5. The molecule has 0 aromatic heterocycles. The van der Waals surface area contributed by atoms with Crippen LogP contribution in [0.1, 0.15) is 37.5 Å². The third-order valence-corrected chi connectivity index (χ3v) is 7.27. The Morgan fingerprint density at radius 2 is 1.39 bits per heavy atom. The molecule has 0 aliphatic carbocycles. The molecule has 1 heterocycles. The summed E-state index contributed by atoms with van der Waals surface area (Å²) in [5.41, 5.74) is 3.13. The second kappa shape index (κ2) is 11.5. The first-order valence-electron chi connectivity index (χ1n) is 11.6. The Bertz CT molecular complexity index is 1250. The molecule has 4 rings (SSSR count). The summed E-state index contributed by atoms with van der Waals surface area (Å²) in [6.45, 7) is 7.67. The smallest absolute Gasteiger partial charge is 0.293 e. The van der Waals surface area contributed by atoms with Gasteiger partial charge in [0.05, 0.1) is 11.4 Å². The van der Waals surface area contributed by atoms with E-state index in [-0.39, 0.29) is 23.1 Å². The van der Waals surface area contributed by atoms with Crippen LogP contribution in [0, 0.1) is 3.57 Å². The van der Waals surface area contributed by atoms with E-state index in [1.807, 2.05) is 60.7 Å². The summed E-state index contributed by atoms with van der Waals surface area (Å²) in [6.07, 6.45) is 1.74. The van der Waals surface area contributed by atoms with Gasteiger partial charge in [-0.1, -0.05) is 57.2 Å². The summed E-state index contributed by atoms with van der Waals surface area (Å²) in [7, 11) is 0. The number of benzene rings is 3. The summed E-state index contributed by atoms with van der Waals surface area (Å²) in [4.78, 5) is 26.9. The van der Waals surface area contributed by atoms with Crippen LogP contribution in [0.4, 0.5) is 4.79 Å². The van der Waals surface area contributed by atoms with Gasteiger partial charge in [-0.25, -0.2) is 0 Å². The maximum absolute atomic E-state index is 12.8. The molecule has 0 N–H and O–H groups in total. The van der Waals surface area contributed by atoms with Crippen molar-refractivity contribution in [1.82, 2.24) is 4.90 Å². The maximum Gasteiger partial charge on any atom is 0.293 e. The van der Waals surface area contributed by atoms with E-state index >= 15 is 0 Å². The van der Waals surface area contributed by atoms with Gasteiger partial charge in [0.25, 0.3) is 11.1 Å². The Morgan fingerprint density at radius 1 is 0.833 bits per heavy atom. The van der Waals surface area contributed by atoms with Gasteiger partial charge in [0.15, 0.2) is 0 Å². The van der Waals surface area contributed by atoms with Gasteiger partial charge in [-0.2, -0.15) is 0 Å². The highest BCUT2D eigenvalue weighted by Gasteiger charge is 2.34. The molecule has 3 aromatic rings. The molecule has 0 atom stereocenters. The predicted octanol–water partition coefficient (Wildman–Crippen LogP) is 7.28. The fourth-order valence-corrected chi connectivity index (χ4v) is 4.79. The summed E-state index contributed by atoms with van der Waals surface area (Å²) in [6, 6.07) is 23.4. The lowest BCUT2D eigenvalue weighted by molar-refractivity contribution is -0.123. The molecule has 0 bridgehead atoms. The van der Waals surface area contributed by atoms with Gasteiger partial charge in [0.1, 0.15) is 24.7 Å². The van der Waals surface area contributed by atoms with E-state index in [9.17, 15) is 9.59 Å². The second-order valence-electron chi connectivity index (χ2n) is 9.43. The monoisotopic (exact) mass is 613 g/mol. The molecule has 0 spiro atoms. The molecule has 0 radical (unpaired) electrons. The van der Waals surface area contributed by atoms with Crippen LogP contribution in [0.2, 0.25) is 0 Å². The predicted molar refractivity (Wildman–Crippen MR) is 153 cm³/mol. The lowest BCUT2D eigenvalue weighted by atomic mass is 9.87. The van der Waals surface area contributed by atoms with Crippen LogP contribution in [0.15, 0.2) is 77.7 Å². The number of amides is 2. The summed E-state index contributed by atoms with van der Waals surface area (Å²) in [5.74, 6) is 1.26. The molecule has 0 saturated carbocycles. The highest BCUT2D eigenvalue weighted by Crippen LogP contribution is 2.33. The largest absolute Gasteiger partial charge is 0.490 e. The number of halogens is 1. The molecule has 3 aromatic carbocycles. The van der Waals surface area contributed by atoms with Gasteiger partial charge in [0, 0.05) is 3.57 Å². The van der Waals surface area contributed by atoms with Crippen molar-refractivity contribution >= 4 is 51.6 Å². The van der Waals surface area contributed by atoms with Crippen LogP contribution < -0.4 is 9.47 Å². The number of hydrogen-bond donors (Lipinski definition) is 0. The fourth-order valence-electron chi connectivity index (χ4n) is 3.59. The van der Waals surface area contributed by atoms with Gasteiger partial charge in [-0.05, 0) is 98.9 Å². The molecule has 7 heteroatoms. The summed E-state index contributed by atoms with van der Waals surface area (Å²) < 4.78 is 12.7.